The van der Waals surface area contributed by atoms with Crippen LogP contribution in [-0.2, 0) is 27.7 Å². The minimum absolute atomic E-state index is 0.117. The number of anilines is 1. The summed E-state index contributed by atoms with van der Waals surface area (Å²) < 4.78 is 34.0. The fourth-order valence-electron chi connectivity index (χ4n) is 4.40. The Labute approximate surface area is 198 Å². The Morgan fingerprint density at radius 1 is 1.15 bits per heavy atom. The molecule has 3 rings (SSSR count). The number of aryl methyl sites for hydroxylation is 2. The predicted octanol–water partition coefficient (Wildman–Crippen LogP) is 4.98. The van der Waals surface area contributed by atoms with Gasteiger partial charge in [0.05, 0.1) is 13.0 Å². The van der Waals surface area contributed by atoms with Gasteiger partial charge in [0, 0.05) is 18.8 Å². The molecule has 33 heavy (non-hydrogen) atoms. The molecule has 2 aromatic carbocycles. The van der Waals surface area contributed by atoms with Gasteiger partial charge in [-0.2, -0.15) is 4.31 Å². The first-order valence-corrected chi connectivity index (χ1v) is 13.3. The van der Waals surface area contributed by atoms with E-state index in [1.165, 1.54) is 11.4 Å². The monoisotopic (exact) mass is 472 g/mol. The maximum Gasteiger partial charge on any atom is 0.246 e. The zero-order valence-corrected chi connectivity index (χ0v) is 21.2. The number of hydrogen-bond donors (Lipinski definition) is 1. The second-order valence-corrected chi connectivity index (χ2v) is 10.8. The van der Waals surface area contributed by atoms with Gasteiger partial charge < -0.3 is 10.1 Å². The number of methoxy groups -OCH3 is 1. The molecule has 6 nitrogen and oxygen atoms in total. The Morgan fingerprint density at radius 3 is 2.39 bits per heavy atom. The highest BCUT2D eigenvalue weighted by Gasteiger charge is 2.35. The predicted molar refractivity (Wildman–Crippen MR) is 132 cm³/mol. The molecule has 0 aliphatic carbocycles. The molecule has 1 aliphatic rings. The van der Waals surface area contributed by atoms with Gasteiger partial charge in [-0.15, -0.1) is 0 Å². The molecule has 1 saturated heterocycles. The molecule has 1 aliphatic heterocycles. The summed E-state index contributed by atoms with van der Waals surface area (Å²) in [6.45, 7) is 8.75. The zero-order valence-electron chi connectivity index (χ0n) is 20.3. The molecule has 0 unspecified atom stereocenters. The van der Waals surface area contributed by atoms with Gasteiger partial charge in [0.15, 0.2) is 0 Å². The Bertz CT molecular complexity index is 1070. The van der Waals surface area contributed by atoms with E-state index in [2.05, 4.69) is 19.2 Å². The highest BCUT2D eigenvalue weighted by Crippen LogP contribution is 2.33. The summed E-state index contributed by atoms with van der Waals surface area (Å²) in [6.07, 6.45) is 2.94. The number of nitrogens with zero attached hydrogens (tertiary/aromatic N) is 1. The third-order valence-electron chi connectivity index (χ3n) is 6.47. The van der Waals surface area contributed by atoms with Crippen LogP contribution >= 0.6 is 0 Å². The summed E-state index contributed by atoms with van der Waals surface area (Å²) in [7, 11) is -2.32. The number of rotatable bonds is 8. The largest absolute Gasteiger partial charge is 0.495 e. The highest BCUT2D eigenvalue weighted by molar-refractivity contribution is 7.89. The molecule has 1 amide bonds. The Hall–Kier alpha value is -2.38. The lowest BCUT2D eigenvalue weighted by Gasteiger charge is -2.32. The standard InChI is InChI=1S/C26H36N2O4S/c1-6-19-10-8-11-20(7-2)25(19)27-26(29)22-12-9-15-28(17-22)33(30,31)24-16-21(18(3)4)13-14-23(24)32-5/h8,10-11,13-14,16,18,22H,6-7,9,12,15,17H2,1-5H3,(H,27,29)/t22-/m1/s1. The van der Waals surface area contributed by atoms with Crippen LogP contribution < -0.4 is 10.1 Å². The van der Waals surface area contributed by atoms with Gasteiger partial charge in [-0.05, 0) is 60.4 Å². The first kappa shape index (κ1) is 25.2. The van der Waals surface area contributed by atoms with Crippen LogP contribution in [0.2, 0.25) is 0 Å². The molecular formula is C26H36N2O4S. The minimum Gasteiger partial charge on any atom is -0.495 e. The molecule has 0 saturated carbocycles. The van der Waals surface area contributed by atoms with Crippen molar-refractivity contribution in [3.05, 3.63) is 53.1 Å². The molecule has 7 heteroatoms. The van der Waals surface area contributed by atoms with Gasteiger partial charge >= 0.3 is 0 Å². The number of carbonyl (C=O) groups excluding carboxylic acids is 1. The van der Waals surface area contributed by atoms with Gasteiger partial charge in [0.1, 0.15) is 10.6 Å². The van der Waals surface area contributed by atoms with Gasteiger partial charge in [-0.1, -0.05) is 52.0 Å². The fraction of sp³-hybridized carbons (Fsp3) is 0.500. The Kier molecular flexibility index (Phi) is 8.19. The summed E-state index contributed by atoms with van der Waals surface area (Å²) in [5.74, 6) is 0.00221. The van der Waals surface area contributed by atoms with Crippen molar-refractivity contribution >= 4 is 21.6 Å². The lowest BCUT2D eigenvalue weighted by atomic mass is 9.97. The van der Waals surface area contributed by atoms with E-state index in [0.717, 1.165) is 35.2 Å². The third-order valence-corrected chi connectivity index (χ3v) is 8.36. The number of ether oxygens (including phenoxy) is 1. The van der Waals surface area contributed by atoms with Crippen LogP contribution in [0.15, 0.2) is 41.3 Å². The fourth-order valence-corrected chi connectivity index (χ4v) is 6.11. The molecule has 0 bridgehead atoms. The van der Waals surface area contributed by atoms with Crippen molar-refractivity contribution < 1.29 is 17.9 Å². The van der Waals surface area contributed by atoms with Crippen molar-refractivity contribution in [3.63, 3.8) is 0 Å². The van der Waals surface area contributed by atoms with E-state index < -0.39 is 15.9 Å². The second kappa shape index (κ2) is 10.7. The number of carbonyl (C=O) groups is 1. The van der Waals surface area contributed by atoms with E-state index in [9.17, 15) is 13.2 Å². The lowest BCUT2D eigenvalue weighted by molar-refractivity contribution is -0.120. The molecule has 2 aromatic rings. The summed E-state index contributed by atoms with van der Waals surface area (Å²) >= 11 is 0. The van der Waals surface area contributed by atoms with E-state index in [1.54, 1.807) is 12.1 Å². The van der Waals surface area contributed by atoms with Crippen LogP contribution in [0.1, 0.15) is 63.1 Å². The summed E-state index contributed by atoms with van der Waals surface area (Å²) in [4.78, 5) is 13.4. The Balaban J connectivity index is 1.85. The zero-order chi connectivity index (χ0) is 24.2. The normalized spacial score (nSPS) is 17.2. The second-order valence-electron chi connectivity index (χ2n) is 8.91. The molecule has 1 heterocycles. The van der Waals surface area contributed by atoms with E-state index >= 15 is 0 Å². The van der Waals surface area contributed by atoms with Crippen LogP contribution in [0.5, 0.6) is 5.75 Å². The minimum atomic E-state index is -3.80. The summed E-state index contributed by atoms with van der Waals surface area (Å²) in [5.41, 5.74) is 4.00. The number of para-hydroxylation sites is 1. The molecular weight excluding hydrogens is 436 g/mol. The number of piperidine rings is 1. The molecule has 1 fully saturated rings. The van der Waals surface area contributed by atoms with E-state index in [1.807, 2.05) is 38.1 Å². The van der Waals surface area contributed by atoms with Crippen molar-refractivity contribution in [1.29, 1.82) is 0 Å². The molecule has 0 radical (unpaired) electrons. The van der Waals surface area contributed by atoms with Crippen LogP contribution in [0, 0.1) is 5.92 Å². The molecule has 1 N–H and O–H groups in total. The number of sulfonamides is 1. The van der Waals surface area contributed by atoms with Crippen LogP contribution in [0.3, 0.4) is 0 Å². The van der Waals surface area contributed by atoms with Crippen molar-refractivity contribution in [2.24, 2.45) is 5.92 Å². The number of amides is 1. The van der Waals surface area contributed by atoms with Gasteiger partial charge in [-0.25, -0.2) is 8.42 Å². The molecule has 0 spiro atoms. The topological polar surface area (TPSA) is 75.7 Å². The Morgan fingerprint density at radius 2 is 1.82 bits per heavy atom. The van der Waals surface area contributed by atoms with Crippen molar-refractivity contribution in [3.8, 4) is 5.75 Å². The maximum atomic E-state index is 13.6. The van der Waals surface area contributed by atoms with Gasteiger partial charge in [-0.3, -0.25) is 4.79 Å². The van der Waals surface area contributed by atoms with E-state index in [4.69, 9.17) is 4.74 Å². The van der Waals surface area contributed by atoms with Crippen LogP contribution in [-0.4, -0.2) is 38.8 Å². The lowest BCUT2D eigenvalue weighted by Crippen LogP contribution is -2.43. The van der Waals surface area contributed by atoms with E-state index in [-0.39, 0.29) is 23.3 Å². The first-order valence-electron chi connectivity index (χ1n) is 11.8. The van der Waals surface area contributed by atoms with Crippen molar-refractivity contribution in [1.82, 2.24) is 4.31 Å². The van der Waals surface area contributed by atoms with Crippen molar-refractivity contribution in [2.75, 3.05) is 25.5 Å². The molecule has 0 aromatic heterocycles. The highest BCUT2D eigenvalue weighted by atomic mass is 32.2. The maximum absolute atomic E-state index is 13.6. The summed E-state index contributed by atoms with van der Waals surface area (Å²) in [5, 5.41) is 3.12. The van der Waals surface area contributed by atoms with Crippen molar-refractivity contribution in [2.45, 2.75) is 64.2 Å². The van der Waals surface area contributed by atoms with Crippen LogP contribution in [0.4, 0.5) is 5.69 Å². The quantitative estimate of drug-likeness (QED) is 0.588. The van der Waals surface area contributed by atoms with Gasteiger partial charge in [0.25, 0.3) is 0 Å². The number of nitrogens with one attached hydrogen (secondary N) is 1. The van der Waals surface area contributed by atoms with E-state index in [0.29, 0.717) is 25.1 Å². The van der Waals surface area contributed by atoms with Crippen LogP contribution in [0.25, 0.3) is 0 Å². The van der Waals surface area contributed by atoms with Gasteiger partial charge in [0.2, 0.25) is 15.9 Å². The average molecular weight is 473 g/mol. The first-order chi connectivity index (χ1) is 15.7. The molecule has 180 valence electrons. The smallest absolute Gasteiger partial charge is 0.246 e. The molecule has 1 atom stereocenters. The number of hydrogen-bond acceptors (Lipinski definition) is 4. The average Bonchev–Trinajstić information content (AvgIpc) is 2.83. The third kappa shape index (κ3) is 5.41. The summed E-state index contributed by atoms with van der Waals surface area (Å²) in [6, 6.07) is 11.4. The number of benzene rings is 2. The SMILES string of the molecule is CCc1cccc(CC)c1NC(=O)[C@@H]1CCCN(S(=O)(=O)c2cc(C(C)C)ccc2OC)C1.